The molecular weight excluding hydrogens is 238 g/mol. The molecule has 1 aliphatic heterocycles. The molecular formula is C12H16BrN. The van der Waals surface area contributed by atoms with Gasteiger partial charge in [0.2, 0.25) is 0 Å². The van der Waals surface area contributed by atoms with E-state index in [-0.39, 0.29) is 0 Å². The predicted molar refractivity (Wildman–Crippen MR) is 63.7 cm³/mol. The lowest BCUT2D eigenvalue weighted by Crippen LogP contribution is -2.56. The molecule has 1 aromatic carbocycles. The van der Waals surface area contributed by atoms with Gasteiger partial charge in [-0.1, -0.05) is 53.2 Å². The van der Waals surface area contributed by atoms with E-state index >= 15 is 0 Å². The second-order valence-electron chi connectivity index (χ2n) is 4.14. The fourth-order valence-corrected chi connectivity index (χ4v) is 2.64. The molecule has 0 amide bonds. The first kappa shape index (κ1) is 10.2. The van der Waals surface area contributed by atoms with Crippen LogP contribution in [-0.2, 0) is 6.54 Å². The summed E-state index contributed by atoms with van der Waals surface area (Å²) < 4.78 is 0.405. The van der Waals surface area contributed by atoms with Crippen molar-refractivity contribution in [3.8, 4) is 0 Å². The van der Waals surface area contributed by atoms with E-state index in [0.29, 0.717) is 4.32 Å². The van der Waals surface area contributed by atoms with Crippen molar-refractivity contribution in [2.24, 2.45) is 0 Å². The van der Waals surface area contributed by atoms with Crippen LogP contribution in [0.5, 0.6) is 0 Å². The van der Waals surface area contributed by atoms with Gasteiger partial charge < -0.3 is 0 Å². The van der Waals surface area contributed by atoms with Crippen LogP contribution in [-0.4, -0.2) is 22.3 Å². The van der Waals surface area contributed by atoms with Crippen molar-refractivity contribution in [2.75, 3.05) is 13.1 Å². The molecule has 0 aliphatic carbocycles. The monoisotopic (exact) mass is 253 g/mol. The van der Waals surface area contributed by atoms with Crippen LogP contribution in [0.1, 0.15) is 18.9 Å². The van der Waals surface area contributed by atoms with E-state index in [1.54, 1.807) is 0 Å². The normalized spacial score (nSPS) is 20.4. The minimum Gasteiger partial charge on any atom is -0.296 e. The van der Waals surface area contributed by atoms with Crippen molar-refractivity contribution in [3.63, 3.8) is 0 Å². The van der Waals surface area contributed by atoms with Gasteiger partial charge in [-0.05, 0) is 12.0 Å². The Morgan fingerprint density at radius 1 is 1.29 bits per heavy atom. The summed E-state index contributed by atoms with van der Waals surface area (Å²) >= 11 is 3.78. The molecule has 0 bridgehead atoms. The van der Waals surface area contributed by atoms with E-state index in [9.17, 15) is 0 Å². The van der Waals surface area contributed by atoms with Gasteiger partial charge >= 0.3 is 0 Å². The maximum atomic E-state index is 3.78. The van der Waals surface area contributed by atoms with Gasteiger partial charge in [0.1, 0.15) is 0 Å². The van der Waals surface area contributed by atoms with Gasteiger partial charge in [-0.3, -0.25) is 4.90 Å². The Hall–Kier alpha value is -0.340. The molecule has 0 radical (unpaired) electrons. The molecule has 0 unspecified atom stereocenters. The summed E-state index contributed by atoms with van der Waals surface area (Å²) in [5.41, 5.74) is 1.41. The van der Waals surface area contributed by atoms with Crippen LogP contribution in [0.2, 0.25) is 0 Å². The van der Waals surface area contributed by atoms with Crippen molar-refractivity contribution in [2.45, 2.75) is 24.2 Å². The topological polar surface area (TPSA) is 3.24 Å². The van der Waals surface area contributed by atoms with E-state index in [1.165, 1.54) is 25.1 Å². The summed E-state index contributed by atoms with van der Waals surface area (Å²) in [5, 5.41) is 0. The highest BCUT2D eigenvalue weighted by Gasteiger charge is 2.38. The second-order valence-corrected chi connectivity index (χ2v) is 5.82. The van der Waals surface area contributed by atoms with Gasteiger partial charge in [0.25, 0.3) is 0 Å². The van der Waals surface area contributed by atoms with Crippen molar-refractivity contribution >= 4 is 15.9 Å². The predicted octanol–water partition coefficient (Wildman–Crippen LogP) is 3.05. The number of nitrogens with zero attached hydrogens (tertiary/aromatic N) is 1. The number of alkyl halides is 1. The van der Waals surface area contributed by atoms with E-state index < -0.39 is 0 Å². The van der Waals surface area contributed by atoms with Gasteiger partial charge in [0, 0.05) is 19.6 Å². The molecule has 0 N–H and O–H groups in total. The Bertz CT molecular complexity index is 290. The Labute approximate surface area is 94.2 Å². The van der Waals surface area contributed by atoms with Gasteiger partial charge in [-0.2, -0.15) is 0 Å². The first-order valence-corrected chi connectivity index (χ1v) is 5.96. The molecule has 0 aromatic heterocycles. The maximum absolute atomic E-state index is 3.78. The van der Waals surface area contributed by atoms with Crippen LogP contribution in [0.25, 0.3) is 0 Å². The van der Waals surface area contributed by atoms with Gasteiger partial charge in [0.05, 0.1) is 4.32 Å². The fourth-order valence-electron chi connectivity index (χ4n) is 1.93. The summed E-state index contributed by atoms with van der Waals surface area (Å²) in [7, 11) is 0. The summed E-state index contributed by atoms with van der Waals surface area (Å²) in [4.78, 5) is 2.48. The van der Waals surface area contributed by atoms with Crippen LogP contribution >= 0.6 is 15.9 Å². The van der Waals surface area contributed by atoms with E-state index in [1.807, 2.05) is 0 Å². The van der Waals surface area contributed by atoms with Crippen LogP contribution in [0.4, 0.5) is 0 Å². The highest BCUT2D eigenvalue weighted by Crippen LogP contribution is 2.34. The molecule has 1 nitrogen and oxygen atoms in total. The van der Waals surface area contributed by atoms with Crippen LogP contribution in [0.3, 0.4) is 0 Å². The Balaban J connectivity index is 1.85. The summed E-state index contributed by atoms with van der Waals surface area (Å²) in [6.45, 7) is 5.69. The molecule has 0 spiro atoms. The molecule has 1 saturated heterocycles. The first-order valence-electron chi connectivity index (χ1n) is 5.17. The summed E-state index contributed by atoms with van der Waals surface area (Å²) in [6, 6.07) is 10.7. The molecule has 1 fully saturated rings. The minimum absolute atomic E-state index is 0.405. The third-order valence-electron chi connectivity index (χ3n) is 2.90. The molecule has 2 heteroatoms. The molecule has 0 atom stereocenters. The van der Waals surface area contributed by atoms with Crippen molar-refractivity contribution < 1.29 is 0 Å². The Morgan fingerprint density at radius 2 is 1.93 bits per heavy atom. The molecule has 76 valence electrons. The van der Waals surface area contributed by atoms with Crippen molar-refractivity contribution in [3.05, 3.63) is 35.9 Å². The third kappa shape index (κ3) is 2.18. The average Bonchev–Trinajstić information content (AvgIpc) is 2.17. The summed E-state index contributed by atoms with van der Waals surface area (Å²) in [6.07, 6.45) is 1.22. The molecule has 0 saturated carbocycles. The van der Waals surface area contributed by atoms with Gasteiger partial charge in [-0.15, -0.1) is 0 Å². The molecule has 14 heavy (non-hydrogen) atoms. The fraction of sp³-hybridized carbons (Fsp3) is 0.500. The first-order chi connectivity index (χ1) is 6.72. The smallest absolute Gasteiger partial charge is 0.0509 e. The van der Waals surface area contributed by atoms with E-state index in [2.05, 4.69) is 58.1 Å². The lowest BCUT2D eigenvalue weighted by Gasteiger charge is -2.46. The van der Waals surface area contributed by atoms with Gasteiger partial charge in [0.15, 0.2) is 0 Å². The molecule has 1 heterocycles. The third-order valence-corrected chi connectivity index (χ3v) is 3.96. The second kappa shape index (κ2) is 4.03. The number of rotatable bonds is 3. The maximum Gasteiger partial charge on any atom is 0.0509 e. The largest absolute Gasteiger partial charge is 0.296 e. The number of benzene rings is 1. The molecule has 2 rings (SSSR count). The minimum atomic E-state index is 0.405. The number of likely N-dealkylation sites (tertiary alicyclic amines) is 1. The van der Waals surface area contributed by atoms with Crippen LogP contribution in [0.15, 0.2) is 30.3 Å². The zero-order valence-electron chi connectivity index (χ0n) is 8.54. The number of hydrogen-bond acceptors (Lipinski definition) is 1. The number of hydrogen-bond donors (Lipinski definition) is 0. The number of halogens is 1. The summed E-state index contributed by atoms with van der Waals surface area (Å²) in [5.74, 6) is 0. The van der Waals surface area contributed by atoms with E-state index in [0.717, 1.165) is 6.54 Å². The Kier molecular flexibility index (Phi) is 2.93. The van der Waals surface area contributed by atoms with Crippen LogP contribution in [0, 0.1) is 0 Å². The lowest BCUT2D eigenvalue weighted by molar-refractivity contribution is 0.120. The zero-order chi connectivity index (χ0) is 10.0. The van der Waals surface area contributed by atoms with Gasteiger partial charge in [-0.25, -0.2) is 0 Å². The standard InChI is InChI=1S/C12H16BrN/c1-2-12(13)9-14(10-12)8-11-6-4-3-5-7-11/h3-7H,2,8-10H2,1H3. The SMILES string of the molecule is CCC1(Br)CN(Cc2ccccc2)C1. The molecule has 1 aromatic rings. The van der Waals surface area contributed by atoms with E-state index in [4.69, 9.17) is 0 Å². The highest BCUT2D eigenvalue weighted by molar-refractivity contribution is 9.10. The lowest BCUT2D eigenvalue weighted by atomic mass is 9.96. The molecule has 1 aliphatic rings. The Morgan fingerprint density at radius 3 is 2.50 bits per heavy atom. The average molecular weight is 254 g/mol. The van der Waals surface area contributed by atoms with Crippen LogP contribution < -0.4 is 0 Å². The highest BCUT2D eigenvalue weighted by atomic mass is 79.9. The zero-order valence-corrected chi connectivity index (χ0v) is 10.1. The van der Waals surface area contributed by atoms with Crippen molar-refractivity contribution in [1.29, 1.82) is 0 Å². The van der Waals surface area contributed by atoms with Crippen molar-refractivity contribution in [1.82, 2.24) is 4.90 Å². The quantitative estimate of drug-likeness (QED) is 0.749.